The van der Waals surface area contributed by atoms with Crippen molar-refractivity contribution in [3.05, 3.63) is 116 Å². The summed E-state index contributed by atoms with van der Waals surface area (Å²) in [6, 6.07) is 16.9. The van der Waals surface area contributed by atoms with E-state index >= 15 is 0 Å². The maximum absolute atomic E-state index is 13.9. The number of nitrogens with zero attached hydrogens (tertiary/aromatic N) is 5. The van der Waals surface area contributed by atoms with Crippen molar-refractivity contribution in [3.8, 4) is 28.7 Å². The summed E-state index contributed by atoms with van der Waals surface area (Å²) in [5.74, 6) is -7.60. The maximum Gasteiger partial charge on any atom is 3.00 e. The fourth-order valence-corrected chi connectivity index (χ4v) is 13.3. The number of rotatable bonds is 41. The molecule has 0 spiro atoms. The van der Waals surface area contributed by atoms with Crippen LogP contribution in [0.15, 0.2) is 75.9 Å². The van der Waals surface area contributed by atoms with Gasteiger partial charge in [-0.3, -0.25) is 81.9 Å². The number of carbonyl (C=O) groups excluding carboxylic acids is 13. The summed E-state index contributed by atoms with van der Waals surface area (Å²) in [5, 5.41) is 20.5. The van der Waals surface area contributed by atoms with Crippen LogP contribution in [-0.4, -0.2) is 274 Å². The first-order valence-corrected chi connectivity index (χ1v) is 39.0. The topological polar surface area (TPSA) is 426 Å². The monoisotopic (exact) mass is 1770 g/mol. The second kappa shape index (κ2) is 49.7. The number of ketones is 1. The number of amides is 7. The van der Waals surface area contributed by atoms with Crippen molar-refractivity contribution in [1.29, 1.82) is 0 Å². The van der Waals surface area contributed by atoms with E-state index in [-0.39, 0.29) is 249 Å². The molecule has 632 valence electrons. The molecule has 0 radical (unpaired) electrons. The van der Waals surface area contributed by atoms with E-state index < -0.39 is 70.8 Å². The number of carbonyl (C=O) groups is 13. The minimum Gasteiger partial charge on any atom is -0.426 e. The van der Waals surface area contributed by atoms with Crippen molar-refractivity contribution in [2.45, 2.75) is 92.9 Å². The number of fused-ring (bicyclic) bond motifs is 2. The van der Waals surface area contributed by atoms with Crippen molar-refractivity contribution < 1.29 is 154 Å². The molecule has 1 fully saturated rings. The van der Waals surface area contributed by atoms with Crippen molar-refractivity contribution in [1.82, 2.24) is 56.8 Å². The van der Waals surface area contributed by atoms with Crippen LogP contribution in [0, 0.1) is 56.3 Å². The van der Waals surface area contributed by atoms with E-state index in [9.17, 15) is 67.1 Å². The molecule has 7 N–H and O–H groups in total. The fraction of sp³-hybridized carbons (Fsp3) is 0.506. The second-order valence-electron chi connectivity index (χ2n) is 27.9. The molecule has 0 bridgehead atoms. The zero-order valence-corrected chi connectivity index (χ0v) is 69.5. The standard InChI is InChI=1S/C81H106N12O23.Eu/c1-53-61(16-7-21-67(53)111-54(2)94)78(104)87-29-27-84-72(102)51-92-38-36-90(50-71(101)83-25-13-41-108-43-45-110-46-44-109-42-14-26-86-80(106)65-48-60-47-59-15-11-31-93-32-12-19-63(74(59)93)75(60)116-81(65)107)34-33-89(49-70(100)82-24-10-20-66(99)62-17-8-22-68(112-55(3)95)76(62)114-57(5)97)35-37-91(39-40-92)52-73(103)85-28-30-88-79(105)64-18-9-23-69(113-56(4)96)77(64)115-58(6)98;/h7-9,16-18,21-23,47-48H,10-15,19-20,24-46,49-52H2,1-6H3,(H,82,100)(H,83,101)(H,84,102)(H,85,103)(H,86,106)(H,87,104)(H,88,105);/q;+3. The molecule has 0 atom stereocenters. The molecule has 36 heteroatoms. The smallest absolute Gasteiger partial charge is 0.426 e. The third-order valence-corrected chi connectivity index (χ3v) is 18.8. The van der Waals surface area contributed by atoms with Crippen LogP contribution in [0.2, 0.25) is 0 Å². The number of nitrogens with one attached hydrogen (secondary N) is 7. The summed E-state index contributed by atoms with van der Waals surface area (Å²) in [6.07, 6.45) is 4.87. The zero-order valence-electron chi connectivity index (χ0n) is 67.1. The molecular weight excluding hydrogens is 1660 g/mol. The fourth-order valence-electron chi connectivity index (χ4n) is 13.3. The molecule has 0 unspecified atom stereocenters. The first-order valence-electron chi connectivity index (χ1n) is 39.0. The van der Waals surface area contributed by atoms with Gasteiger partial charge in [0.15, 0.2) is 28.8 Å². The number of benzene rings is 4. The Hall–Kier alpha value is -9.50. The van der Waals surface area contributed by atoms with Crippen LogP contribution >= 0.6 is 0 Å². The Morgan fingerprint density at radius 2 is 0.778 bits per heavy atom. The second-order valence-corrected chi connectivity index (χ2v) is 27.9. The van der Waals surface area contributed by atoms with Gasteiger partial charge < -0.3 is 84.4 Å². The van der Waals surface area contributed by atoms with Crippen LogP contribution in [0.4, 0.5) is 5.69 Å². The van der Waals surface area contributed by atoms with Gasteiger partial charge in [-0.2, -0.15) is 0 Å². The quantitative estimate of drug-likeness (QED) is 0.00969. The summed E-state index contributed by atoms with van der Waals surface area (Å²) in [6.45, 7) is 13.2. The van der Waals surface area contributed by atoms with E-state index in [0.717, 1.165) is 77.4 Å². The first-order chi connectivity index (χ1) is 55.8. The van der Waals surface area contributed by atoms with Crippen molar-refractivity contribution in [2.75, 3.05) is 182 Å². The molecule has 7 amide bonds. The molecular formula is C81H106EuN12O23+3. The van der Waals surface area contributed by atoms with Gasteiger partial charge in [0.05, 0.1) is 63.7 Å². The van der Waals surface area contributed by atoms with Crippen LogP contribution in [0.1, 0.15) is 131 Å². The van der Waals surface area contributed by atoms with Gasteiger partial charge in [0.1, 0.15) is 16.9 Å². The summed E-state index contributed by atoms with van der Waals surface area (Å²) in [5.41, 5.74) is 3.97. The molecule has 117 heavy (non-hydrogen) atoms. The Morgan fingerprint density at radius 3 is 1.26 bits per heavy atom. The molecule has 1 saturated heterocycles. The van der Waals surface area contributed by atoms with Gasteiger partial charge in [-0.1, -0.05) is 18.2 Å². The van der Waals surface area contributed by atoms with Crippen LogP contribution in [0.5, 0.6) is 28.7 Å². The number of hydrogen-bond acceptors (Lipinski definition) is 28. The van der Waals surface area contributed by atoms with Crippen molar-refractivity contribution in [2.24, 2.45) is 0 Å². The zero-order chi connectivity index (χ0) is 83.5. The van der Waals surface area contributed by atoms with E-state index in [0.29, 0.717) is 63.6 Å². The Labute approximate surface area is 719 Å². The minimum absolute atomic E-state index is 0. The number of Topliss-reactive ketones (excluding diaryl/α,β-unsaturated/α-hetero) is 1. The number of hydrogen-bond donors (Lipinski definition) is 7. The van der Waals surface area contributed by atoms with Gasteiger partial charge in [0, 0.05) is 193 Å². The Kier molecular flexibility index (Phi) is 40.2. The normalized spacial score (nSPS) is 14.0. The number of esters is 5. The van der Waals surface area contributed by atoms with E-state index in [4.69, 9.17) is 42.3 Å². The Morgan fingerprint density at radius 1 is 0.402 bits per heavy atom. The summed E-state index contributed by atoms with van der Waals surface area (Å²) in [7, 11) is 0. The van der Waals surface area contributed by atoms with E-state index in [1.54, 1.807) is 31.2 Å². The minimum atomic E-state index is -0.771. The SMILES string of the molecule is CC(=O)Oc1cccc(C(=O)NCCNC(=O)CN2CCN(CC(=O)NCCCOCCOCCOCCCNC(=O)c3cc4cc5c6c(c4oc3=O)CCCN6CCC5)CCN(CC(=O)NCCCC(=O)c3cccc(OC(C)=O)c3OC(C)=O)CCN(CC(=O)NCCNC(=O)c3cccc(OC(C)=O)c3OC(C)=O)CC2)c1C.[Eu+3]. The summed E-state index contributed by atoms with van der Waals surface area (Å²) >= 11 is 0. The van der Waals surface area contributed by atoms with Gasteiger partial charge >= 0.3 is 84.8 Å². The predicted molar refractivity (Wildman–Crippen MR) is 422 cm³/mol. The van der Waals surface area contributed by atoms with Gasteiger partial charge in [-0.25, -0.2) is 4.79 Å². The molecule has 4 aromatic carbocycles. The van der Waals surface area contributed by atoms with Crippen molar-refractivity contribution in [3.63, 3.8) is 0 Å². The first kappa shape index (κ1) is 94.7. The van der Waals surface area contributed by atoms with Crippen molar-refractivity contribution >= 4 is 93.6 Å². The van der Waals surface area contributed by atoms with Gasteiger partial charge in [0.2, 0.25) is 23.6 Å². The molecule has 0 aliphatic carbocycles. The van der Waals surface area contributed by atoms with E-state index in [2.05, 4.69) is 48.2 Å². The number of ether oxygens (including phenoxy) is 8. The van der Waals surface area contributed by atoms with E-state index in [1.807, 2.05) is 19.6 Å². The molecule has 0 saturated carbocycles. The van der Waals surface area contributed by atoms with E-state index in [1.165, 1.54) is 54.6 Å². The number of anilines is 1. The van der Waals surface area contributed by atoms with Gasteiger partial charge in [0.25, 0.3) is 17.7 Å². The van der Waals surface area contributed by atoms with Gasteiger partial charge in [-0.15, -0.1) is 0 Å². The van der Waals surface area contributed by atoms with Crippen LogP contribution in [-0.2, 0) is 70.2 Å². The van der Waals surface area contributed by atoms with Crippen LogP contribution < -0.4 is 71.4 Å². The summed E-state index contributed by atoms with van der Waals surface area (Å²) < 4.78 is 49.1. The third-order valence-electron chi connectivity index (χ3n) is 18.8. The predicted octanol–water partition coefficient (Wildman–Crippen LogP) is 2.20. The van der Waals surface area contributed by atoms with Crippen LogP contribution in [0.3, 0.4) is 0 Å². The largest absolute Gasteiger partial charge is 3.00 e. The Bertz CT molecular complexity index is 4390. The molecule has 3 aliphatic heterocycles. The average Bonchev–Trinajstić information content (AvgIpc) is 0.745. The molecule has 8 rings (SSSR count). The maximum atomic E-state index is 13.9. The molecule has 4 heterocycles. The molecule has 1 aromatic heterocycles. The molecule has 35 nitrogen and oxygen atoms in total. The number of aryl methyl sites for hydroxylation is 2. The molecule has 5 aromatic rings. The van der Waals surface area contributed by atoms with Crippen LogP contribution in [0.25, 0.3) is 11.0 Å². The Balaban J connectivity index is 0.0000189. The summed E-state index contributed by atoms with van der Waals surface area (Å²) in [4.78, 5) is 191. The third kappa shape index (κ3) is 31.7. The molecule has 3 aliphatic rings. The van der Waals surface area contributed by atoms with Gasteiger partial charge in [-0.05, 0) is 106 Å². The number of para-hydroxylation sites is 2. The average molecular weight is 1770 g/mol.